The van der Waals surface area contributed by atoms with E-state index in [1.807, 2.05) is 12.1 Å². The van der Waals surface area contributed by atoms with Crippen LogP contribution in [0.3, 0.4) is 0 Å². The van der Waals surface area contributed by atoms with Crippen molar-refractivity contribution >= 4 is 15.7 Å². The largest absolute Gasteiger partial charge is 0.385 e. The minimum absolute atomic E-state index is 0.318. The van der Waals surface area contributed by atoms with Gasteiger partial charge in [-0.1, -0.05) is 26.2 Å². The summed E-state index contributed by atoms with van der Waals surface area (Å²) in [4.78, 5) is 0.318. The van der Waals surface area contributed by atoms with Crippen LogP contribution in [0.5, 0.6) is 0 Å². The van der Waals surface area contributed by atoms with Gasteiger partial charge in [0.15, 0.2) is 0 Å². The van der Waals surface area contributed by atoms with Gasteiger partial charge in [-0.2, -0.15) is 0 Å². The predicted octanol–water partition coefficient (Wildman–Crippen LogP) is 2.59. The average Bonchev–Trinajstić information content (AvgIpc) is 2.33. The second-order valence-corrected chi connectivity index (χ2v) is 6.81. The van der Waals surface area contributed by atoms with E-state index in [9.17, 15) is 8.42 Å². The van der Waals surface area contributed by atoms with Gasteiger partial charge in [-0.25, -0.2) is 13.1 Å². The highest BCUT2D eigenvalue weighted by Gasteiger charge is 2.16. The third kappa shape index (κ3) is 3.94. The summed E-state index contributed by atoms with van der Waals surface area (Å²) in [7, 11) is -3.33. The average molecular weight is 282 g/mol. The number of hydrogen-bond donors (Lipinski definition) is 2. The van der Waals surface area contributed by atoms with Crippen molar-refractivity contribution in [2.45, 2.75) is 37.5 Å². The molecule has 106 valence electrons. The molecule has 5 heteroatoms. The Hall–Kier alpha value is -1.07. The lowest BCUT2D eigenvalue weighted by molar-refractivity contribution is 0.303. The molecule has 19 heavy (non-hydrogen) atoms. The SMILES string of the molecule is CCNS(=O)(=O)c1ccc(NCCC2CCC2)cc1. The van der Waals surface area contributed by atoms with Crippen molar-refractivity contribution in [3.63, 3.8) is 0 Å². The van der Waals surface area contributed by atoms with E-state index in [1.165, 1.54) is 25.7 Å². The highest BCUT2D eigenvalue weighted by atomic mass is 32.2. The topological polar surface area (TPSA) is 58.2 Å². The lowest BCUT2D eigenvalue weighted by Gasteiger charge is -2.25. The highest BCUT2D eigenvalue weighted by Crippen LogP contribution is 2.29. The third-order valence-corrected chi connectivity index (χ3v) is 5.17. The maximum absolute atomic E-state index is 11.8. The van der Waals surface area contributed by atoms with Crippen LogP contribution in [0.2, 0.25) is 0 Å². The number of nitrogens with one attached hydrogen (secondary N) is 2. The van der Waals surface area contributed by atoms with Crippen LogP contribution in [0.15, 0.2) is 29.2 Å². The van der Waals surface area contributed by atoms with Crippen molar-refractivity contribution in [1.29, 1.82) is 0 Å². The number of sulfonamides is 1. The monoisotopic (exact) mass is 282 g/mol. The van der Waals surface area contributed by atoms with Crippen LogP contribution >= 0.6 is 0 Å². The number of anilines is 1. The molecule has 0 radical (unpaired) electrons. The van der Waals surface area contributed by atoms with Gasteiger partial charge < -0.3 is 5.32 Å². The molecule has 1 aromatic carbocycles. The molecule has 1 fully saturated rings. The molecular weight excluding hydrogens is 260 g/mol. The Bertz CT molecular complexity index is 493. The van der Waals surface area contributed by atoms with Crippen LogP contribution in [0.25, 0.3) is 0 Å². The normalized spacial score (nSPS) is 16.1. The molecule has 0 atom stereocenters. The highest BCUT2D eigenvalue weighted by molar-refractivity contribution is 7.89. The van der Waals surface area contributed by atoms with E-state index >= 15 is 0 Å². The molecule has 2 rings (SSSR count). The Morgan fingerprint density at radius 3 is 2.42 bits per heavy atom. The molecule has 1 aromatic rings. The fourth-order valence-corrected chi connectivity index (χ4v) is 3.27. The van der Waals surface area contributed by atoms with E-state index in [0.29, 0.717) is 11.4 Å². The first-order valence-corrected chi connectivity index (χ1v) is 8.44. The van der Waals surface area contributed by atoms with Crippen LogP contribution in [-0.4, -0.2) is 21.5 Å². The predicted molar refractivity (Wildman–Crippen MR) is 77.8 cm³/mol. The van der Waals surface area contributed by atoms with Crippen LogP contribution in [-0.2, 0) is 10.0 Å². The molecule has 0 aromatic heterocycles. The van der Waals surface area contributed by atoms with Crippen LogP contribution < -0.4 is 10.0 Å². The zero-order valence-corrected chi connectivity index (χ0v) is 12.2. The standard InChI is InChI=1S/C14H22N2O2S/c1-2-16-19(17,18)14-8-6-13(7-9-14)15-11-10-12-4-3-5-12/h6-9,12,15-16H,2-5,10-11H2,1H3. The smallest absolute Gasteiger partial charge is 0.240 e. The van der Waals surface area contributed by atoms with Gasteiger partial charge in [-0.3, -0.25) is 0 Å². The summed E-state index contributed by atoms with van der Waals surface area (Å²) in [6.45, 7) is 3.14. The lowest BCUT2D eigenvalue weighted by Crippen LogP contribution is -2.23. The fourth-order valence-electron chi connectivity index (χ4n) is 2.23. The van der Waals surface area contributed by atoms with Gasteiger partial charge in [-0.15, -0.1) is 0 Å². The maximum Gasteiger partial charge on any atom is 0.240 e. The third-order valence-electron chi connectivity index (χ3n) is 3.61. The van der Waals surface area contributed by atoms with Crippen LogP contribution in [0.1, 0.15) is 32.6 Å². The molecule has 0 bridgehead atoms. The summed E-state index contributed by atoms with van der Waals surface area (Å²) in [5.74, 6) is 0.890. The Labute approximate surface area is 115 Å². The van der Waals surface area contributed by atoms with Gasteiger partial charge in [0.2, 0.25) is 10.0 Å². The summed E-state index contributed by atoms with van der Waals surface area (Å²) in [6.07, 6.45) is 5.31. The molecule has 4 nitrogen and oxygen atoms in total. The Balaban J connectivity index is 1.87. The molecule has 0 aliphatic heterocycles. The van der Waals surface area contributed by atoms with Crippen molar-refractivity contribution in [3.05, 3.63) is 24.3 Å². The molecule has 2 N–H and O–H groups in total. The van der Waals surface area contributed by atoms with Crippen molar-refractivity contribution in [3.8, 4) is 0 Å². The van der Waals surface area contributed by atoms with Gasteiger partial charge in [0.25, 0.3) is 0 Å². The summed E-state index contributed by atoms with van der Waals surface area (Å²) in [5.41, 5.74) is 0.981. The van der Waals surface area contributed by atoms with Crippen molar-refractivity contribution in [1.82, 2.24) is 4.72 Å². The molecule has 0 unspecified atom stereocenters. The molecule has 0 spiro atoms. The van der Waals surface area contributed by atoms with Gasteiger partial charge in [0.1, 0.15) is 0 Å². The fraction of sp³-hybridized carbons (Fsp3) is 0.571. The quantitative estimate of drug-likeness (QED) is 0.808. The first kappa shape index (κ1) is 14.3. The number of rotatable bonds is 7. The molecule has 0 heterocycles. The van der Waals surface area contributed by atoms with Gasteiger partial charge in [0.05, 0.1) is 4.90 Å². The second-order valence-electron chi connectivity index (χ2n) is 5.04. The van der Waals surface area contributed by atoms with Crippen molar-refractivity contribution in [2.75, 3.05) is 18.4 Å². The Morgan fingerprint density at radius 1 is 1.21 bits per heavy atom. The summed E-state index contributed by atoms with van der Waals surface area (Å²) < 4.78 is 26.0. The summed E-state index contributed by atoms with van der Waals surface area (Å²) >= 11 is 0. The van der Waals surface area contributed by atoms with E-state index in [2.05, 4.69) is 10.0 Å². The van der Waals surface area contributed by atoms with E-state index in [-0.39, 0.29) is 0 Å². The molecular formula is C14H22N2O2S. The molecule has 1 aliphatic carbocycles. The molecule has 1 aliphatic rings. The minimum atomic E-state index is -3.33. The van der Waals surface area contributed by atoms with Gasteiger partial charge >= 0.3 is 0 Å². The molecule has 0 amide bonds. The minimum Gasteiger partial charge on any atom is -0.385 e. The second kappa shape index (κ2) is 6.39. The lowest BCUT2D eigenvalue weighted by atomic mass is 9.83. The summed E-state index contributed by atoms with van der Waals surface area (Å²) in [6, 6.07) is 6.93. The van der Waals surface area contributed by atoms with Crippen molar-refractivity contribution in [2.24, 2.45) is 5.92 Å². The number of hydrogen-bond acceptors (Lipinski definition) is 3. The van der Waals surface area contributed by atoms with Gasteiger partial charge in [0, 0.05) is 18.8 Å². The van der Waals surface area contributed by atoms with E-state index in [1.54, 1.807) is 19.1 Å². The van der Waals surface area contributed by atoms with Crippen LogP contribution in [0, 0.1) is 5.92 Å². The summed E-state index contributed by atoms with van der Waals surface area (Å²) in [5, 5.41) is 3.34. The van der Waals surface area contributed by atoms with E-state index in [4.69, 9.17) is 0 Å². The Morgan fingerprint density at radius 2 is 1.89 bits per heavy atom. The zero-order chi connectivity index (χ0) is 13.7. The first-order valence-electron chi connectivity index (χ1n) is 6.95. The van der Waals surface area contributed by atoms with E-state index in [0.717, 1.165) is 18.2 Å². The Kier molecular flexibility index (Phi) is 4.82. The van der Waals surface area contributed by atoms with Crippen molar-refractivity contribution < 1.29 is 8.42 Å². The zero-order valence-electron chi connectivity index (χ0n) is 11.4. The maximum atomic E-state index is 11.8. The molecule has 1 saturated carbocycles. The first-order chi connectivity index (χ1) is 9.12. The van der Waals surface area contributed by atoms with Gasteiger partial charge in [-0.05, 0) is 36.6 Å². The van der Waals surface area contributed by atoms with E-state index < -0.39 is 10.0 Å². The van der Waals surface area contributed by atoms with Crippen LogP contribution in [0.4, 0.5) is 5.69 Å². The molecule has 0 saturated heterocycles. The number of benzene rings is 1.